The zero-order chi connectivity index (χ0) is 11.9. The number of ether oxygens (including phenoxy) is 1. The summed E-state index contributed by atoms with van der Waals surface area (Å²) in [6, 6.07) is 3.99. The quantitative estimate of drug-likeness (QED) is 0.787. The maximum Gasteiger partial charge on any atom is 0.257 e. The average Bonchev–Trinajstić information content (AvgIpc) is 2.38. The van der Waals surface area contributed by atoms with Gasteiger partial charge in [0.1, 0.15) is 0 Å². The molecule has 0 aliphatic carbocycles. The summed E-state index contributed by atoms with van der Waals surface area (Å²) >= 11 is 0. The zero-order valence-corrected chi connectivity index (χ0v) is 9.41. The first-order valence-corrected chi connectivity index (χ1v) is 5.44. The second-order valence-electron chi connectivity index (χ2n) is 3.55. The van der Waals surface area contributed by atoms with E-state index >= 15 is 0 Å². The number of hydrogen-bond donors (Lipinski definition) is 1. The smallest absolute Gasteiger partial charge is 0.257 e. The van der Waals surface area contributed by atoms with Gasteiger partial charge in [0.05, 0.1) is 6.61 Å². The molecule has 5 nitrogen and oxygen atoms in total. The van der Waals surface area contributed by atoms with Gasteiger partial charge in [0, 0.05) is 24.8 Å². The van der Waals surface area contributed by atoms with Gasteiger partial charge in [0.15, 0.2) is 5.82 Å². The third-order valence-electron chi connectivity index (χ3n) is 2.29. The standard InChI is InChI=1S/C12H14N4O/c13-11-12(16-8-7-15-11)17-9-1-2-10-3-5-14-6-4-10/h3-8H,1-2,9H2,(H2,13,15). The van der Waals surface area contributed by atoms with Gasteiger partial charge in [0.25, 0.3) is 5.88 Å². The third kappa shape index (κ3) is 3.41. The summed E-state index contributed by atoms with van der Waals surface area (Å²) in [6.07, 6.45) is 8.53. The van der Waals surface area contributed by atoms with E-state index in [-0.39, 0.29) is 0 Å². The zero-order valence-electron chi connectivity index (χ0n) is 9.41. The third-order valence-corrected chi connectivity index (χ3v) is 2.29. The molecule has 0 atom stereocenters. The Bertz CT molecular complexity index is 461. The minimum absolute atomic E-state index is 0.330. The van der Waals surface area contributed by atoms with E-state index in [4.69, 9.17) is 10.5 Å². The Morgan fingerprint density at radius 1 is 1.06 bits per heavy atom. The fraction of sp³-hybridized carbons (Fsp3) is 0.250. The summed E-state index contributed by atoms with van der Waals surface area (Å²) in [5.41, 5.74) is 6.85. The molecular weight excluding hydrogens is 216 g/mol. The molecule has 2 N–H and O–H groups in total. The van der Waals surface area contributed by atoms with Gasteiger partial charge in [0.2, 0.25) is 0 Å². The average molecular weight is 230 g/mol. The topological polar surface area (TPSA) is 73.9 Å². The fourth-order valence-corrected chi connectivity index (χ4v) is 1.44. The number of pyridine rings is 1. The van der Waals surface area contributed by atoms with Crippen LogP contribution in [-0.4, -0.2) is 21.6 Å². The Morgan fingerprint density at radius 2 is 1.82 bits per heavy atom. The SMILES string of the molecule is Nc1nccnc1OCCCc1ccncc1. The molecule has 0 aliphatic rings. The summed E-state index contributed by atoms with van der Waals surface area (Å²) in [6.45, 7) is 0.575. The minimum Gasteiger partial charge on any atom is -0.475 e. The lowest BCUT2D eigenvalue weighted by Crippen LogP contribution is -2.04. The van der Waals surface area contributed by atoms with Crippen LogP contribution < -0.4 is 10.5 Å². The van der Waals surface area contributed by atoms with Gasteiger partial charge in [-0.1, -0.05) is 0 Å². The van der Waals surface area contributed by atoms with Crippen molar-refractivity contribution in [3.8, 4) is 5.88 Å². The number of rotatable bonds is 5. The molecule has 17 heavy (non-hydrogen) atoms. The van der Waals surface area contributed by atoms with E-state index in [2.05, 4.69) is 15.0 Å². The van der Waals surface area contributed by atoms with E-state index in [9.17, 15) is 0 Å². The Hall–Kier alpha value is -2.17. The van der Waals surface area contributed by atoms with Gasteiger partial charge in [-0.2, -0.15) is 0 Å². The summed E-state index contributed by atoms with van der Waals surface area (Å²) < 4.78 is 5.44. The molecule has 2 heterocycles. The largest absolute Gasteiger partial charge is 0.475 e. The number of aromatic nitrogens is 3. The van der Waals surface area contributed by atoms with Crippen LogP contribution in [0.15, 0.2) is 36.9 Å². The van der Waals surface area contributed by atoms with Gasteiger partial charge in [-0.15, -0.1) is 0 Å². The maximum atomic E-state index is 5.61. The van der Waals surface area contributed by atoms with Gasteiger partial charge < -0.3 is 10.5 Å². The molecule has 0 saturated heterocycles. The van der Waals surface area contributed by atoms with Crippen LogP contribution in [0.3, 0.4) is 0 Å². The number of nitrogen functional groups attached to an aromatic ring is 1. The number of nitrogens with zero attached hydrogens (tertiary/aromatic N) is 3. The second-order valence-corrected chi connectivity index (χ2v) is 3.55. The van der Waals surface area contributed by atoms with Gasteiger partial charge >= 0.3 is 0 Å². The Labute approximate surface area is 99.7 Å². The summed E-state index contributed by atoms with van der Waals surface area (Å²) in [5.74, 6) is 0.735. The van der Waals surface area contributed by atoms with E-state index in [0.29, 0.717) is 18.3 Å². The number of anilines is 1. The van der Waals surface area contributed by atoms with Crippen molar-refractivity contribution in [3.63, 3.8) is 0 Å². The summed E-state index contributed by atoms with van der Waals surface area (Å²) in [7, 11) is 0. The monoisotopic (exact) mass is 230 g/mol. The first kappa shape index (κ1) is 11.3. The normalized spacial score (nSPS) is 10.1. The minimum atomic E-state index is 0.330. The molecule has 0 radical (unpaired) electrons. The van der Waals surface area contributed by atoms with Crippen LogP contribution in [0.5, 0.6) is 5.88 Å². The van der Waals surface area contributed by atoms with Gasteiger partial charge in [-0.25, -0.2) is 9.97 Å². The summed E-state index contributed by atoms with van der Waals surface area (Å²) in [4.78, 5) is 11.9. The first-order valence-electron chi connectivity index (χ1n) is 5.44. The lowest BCUT2D eigenvalue weighted by molar-refractivity contribution is 0.300. The van der Waals surface area contributed by atoms with Crippen LogP contribution in [0.2, 0.25) is 0 Å². The molecule has 5 heteroatoms. The Morgan fingerprint density at radius 3 is 2.59 bits per heavy atom. The number of nitrogens with two attached hydrogens (primary N) is 1. The van der Waals surface area contributed by atoms with Crippen molar-refractivity contribution >= 4 is 5.82 Å². The van der Waals surface area contributed by atoms with Gasteiger partial charge in [-0.05, 0) is 30.5 Å². The van der Waals surface area contributed by atoms with Crippen LogP contribution in [0, 0.1) is 0 Å². The molecule has 0 saturated carbocycles. The van der Waals surface area contributed by atoms with E-state index in [0.717, 1.165) is 12.8 Å². The number of aryl methyl sites for hydroxylation is 1. The lowest BCUT2D eigenvalue weighted by Gasteiger charge is -2.06. The van der Waals surface area contributed by atoms with Crippen molar-refractivity contribution in [1.82, 2.24) is 15.0 Å². The molecule has 0 unspecified atom stereocenters. The molecule has 0 amide bonds. The predicted molar refractivity (Wildman–Crippen MR) is 64.5 cm³/mol. The molecule has 0 aliphatic heterocycles. The van der Waals surface area contributed by atoms with Crippen LogP contribution in [-0.2, 0) is 6.42 Å². The highest BCUT2D eigenvalue weighted by molar-refractivity contribution is 5.38. The first-order chi connectivity index (χ1) is 8.36. The van der Waals surface area contributed by atoms with Crippen LogP contribution >= 0.6 is 0 Å². The van der Waals surface area contributed by atoms with Crippen LogP contribution in [0.1, 0.15) is 12.0 Å². The molecule has 0 aromatic carbocycles. The van der Waals surface area contributed by atoms with Crippen LogP contribution in [0.4, 0.5) is 5.82 Å². The highest BCUT2D eigenvalue weighted by atomic mass is 16.5. The van der Waals surface area contributed by atoms with E-state index < -0.39 is 0 Å². The van der Waals surface area contributed by atoms with Crippen molar-refractivity contribution in [2.24, 2.45) is 0 Å². The summed E-state index contributed by atoms with van der Waals surface area (Å²) in [5, 5.41) is 0. The second kappa shape index (κ2) is 5.79. The van der Waals surface area contributed by atoms with Crippen molar-refractivity contribution in [2.75, 3.05) is 12.3 Å². The molecular formula is C12H14N4O. The van der Waals surface area contributed by atoms with Gasteiger partial charge in [-0.3, -0.25) is 4.98 Å². The molecule has 2 rings (SSSR count). The van der Waals surface area contributed by atoms with Crippen molar-refractivity contribution in [3.05, 3.63) is 42.5 Å². The molecule has 2 aromatic heterocycles. The number of hydrogen-bond acceptors (Lipinski definition) is 5. The molecule has 0 fully saturated rings. The van der Waals surface area contributed by atoms with Crippen molar-refractivity contribution in [1.29, 1.82) is 0 Å². The van der Waals surface area contributed by atoms with Crippen molar-refractivity contribution < 1.29 is 4.74 Å². The fourth-order valence-electron chi connectivity index (χ4n) is 1.44. The van der Waals surface area contributed by atoms with Crippen molar-refractivity contribution in [2.45, 2.75) is 12.8 Å². The Kier molecular flexibility index (Phi) is 3.85. The van der Waals surface area contributed by atoms with E-state index in [1.54, 1.807) is 24.8 Å². The maximum absolute atomic E-state index is 5.61. The Balaban J connectivity index is 1.76. The lowest BCUT2D eigenvalue weighted by atomic mass is 10.1. The highest BCUT2D eigenvalue weighted by Gasteiger charge is 2.01. The highest BCUT2D eigenvalue weighted by Crippen LogP contribution is 2.13. The predicted octanol–water partition coefficient (Wildman–Crippen LogP) is 1.47. The van der Waals surface area contributed by atoms with E-state index in [1.807, 2.05) is 12.1 Å². The molecule has 0 bridgehead atoms. The van der Waals surface area contributed by atoms with Crippen LogP contribution in [0.25, 0.3) is 0 Å². The van der Waals surface area contributed by atoms with E-state index in [1.165, 1.54) is 5.56 Å². The molecule has 0 spiro atoms. The molecule has 88 valence electrons. The molecule has 2 aromatic rings.